The Morgan fingerprint density at radius 1 is 0.352 bits per heavy atom. The maximum atomic E-state index is 13.5. The van der Waals surface area contributed by atoms with E-state index < -0.39 is 124 Å². The molecule has 1 amide bonds. The van der Waals surface area contributed by atoms with Gasteiger partial charge in [0.15, 0.2) is 18.9 Å². The highest BCUT2D eigenvalue weighted by atomic mass is 16.8. The van der Waals surface area contributed by atoms with E-state index in [2.05, 4.69) is 104 Å². The molecule has 0 aliphatic carbocycles. The summed E-state index contributed by atoms with van der Waals surface area (Å²) >= 11 is 0. The number of aliphatic hydroxyl groups is 11. The summed E-state index contributed by atoms with van der Waals surface area (Å²) in [5.74, 6) is -0.287. The van der Waals surface area contributed by atoms with E-state index in [9.17, 15) is 61.0 Å². The number of amides is 1. The maximum absolute atomic E-state index is 13.5. The van der Waals surface area contributed by atoms with Gasteiger partial charge in [0.25, 0.3) is 0 Å². The van der Waals surface area contributed by atoms with Crippen LogP contribution in [0.15, 0.2) is 97.2 Å². The van der Waals surface area contributed by atoms with Gasteiger partial charge in [0.1, 0.15) is 73.2 Å². The van der Waals surface area contributed by atoms with Crippen molar-refractivity contribution >= 4 is 5.91 Å². The zero-order chi connectivity index (χ0) is 76.0. The zero-order valence-corrected chi connectivity index (χ0v) is 65.2. The molecule has 17 atom stereocenters. The molecule has 19 nitrogen and oxygen atoms in total. The molecule has 0 bridgehead atoms. The summed E-state index contributed by atoms with van der Waals surface area (Å²) in [4.78, 5) is 13.5. The molecule has 3 heterocycles. The van der Waals surface area contributed by atoms with Crippen LogP contribution in [-0.2, 0) is 33.2 Å². The van der Waals surface area contributed by atoms with Crippen LogP contribution in [0.25, 0.3) is 0 Å². The van der Waals surface area contributed by atoms with Crippen LogP contribution in [0, 0.1) is 0 Å². The zero-order valence-electron chi connectivity index (χ0n) is 65.2. The van der Waals surface area contributed by atoms with Crippen molar-refractivity contribution in [2.75, 3.05) is 26.4 Å². The Morgan fingerprint density at radius 3 is 1.07 bits per heavy atom. The Balaban J connectivity index is 1.32. The van der Waals surface area contributed by atoms with E-state index >= 15 is 0 Å². The van der Waals surface area contributed by atoms with Crippen molar-refractivity contribution in [1.82, 2.24) is 5.32 Å². The molecule has 0 spiro atoms. The average molecular weight is 1490 g/mol. The van der Waals surface area contributed by atoms with E-state index in [1.165, 1.54) is 199 Å². The molecule has 3 aliphatic rings. The van der Waals surface area contributed by atoms with Crippen molar-refractivity contribution in [1.29, 1.82) is 0 Å². The molecule has 3 saturated heterocycles. The van der Waals surface area contributed by atoms with E-state index in [-0.39, 0.29) is 18.9 Å². The fourth-order valence-corrected chi connectivity index (χ4v) is 13.7. The number of hydrogen-bond donors (Lipinski definition) is 12. The standard InChI is InChI=1S/C86H151NO18/c1-3-5-7-9-11-13-15-17-19-21-23-25-26-27-28-29-30-31-32-33-34-35-36-37-38-39-40-41-42-44-46-48-50-52-54-56-58-60-62-64-74(92)87-69(70(91)63-61-59-57-55-53-51-49-47-45-43-24-22-20-18-16-14-12-10-8-6-4-2)68-100-84-80(98)77(95)82(72(66-89)102-84)105-86-81(99)78(96)83(73(67-90)103-86)104-85-79(97)76(94)75(93)71(65-88)101-85/h5,7,11,13,17,19,23,25,27-28,45,47,53,55,61,63,69-73,75-86,88-91,93-99H,3-4,6,8-10,12,14-16,18,20-22,24,26,29-44,46,48-52,54,56-60,62,64-68H2,1-2H3,(H,87,92)/b7-5-,13-11-,19-17-,25-23-,28-27-,47-45+,55-53+,63-61+. The third-order valence-electron chi connectivity index (χ3n) is 20.3. The first-order valence-electron chi connectivity index (χ1n) is 42.0. The van der Waals surface area contributed by atoms with Crippen LogP contribution in [0.4, 0.5) is 0 Å². The lowest BCUT2D eigenvalue weighted by atomic mass is 9.96. The summed E-state index contributed by atoms with van der Waals surface area (Å²) < 4.78 is 34.4. The quantitative estimate of drug-likeness (QED) is 0.0199. The molecule has 0 aromatic carbocycles. The number of hydrogen-bond acceptors (Lipinski definition) is 18. The number of unbranched alkanes of at least 4 members (excludes halogenated alkanes) is 36. The largest absolute Gasteiger partial charge is 0.394 e. The predicted molar refractivity (Wildman–Crippen MR) is 420 cm³/mol. The Kier molecular flexibility index (Phi) is 59.8. The Bertz CT molecular complexity index is 2270. The van der Waals surface area contributed by atoms with Gasteiger partial charge in [0.2, 0.25) is 5.91 Å². The molecule has 105 heavy (non-hydrogen) atoms. The molecule has 3 aliphatic heterocycles. The Labute approximate surface area is 634 Å². The first-order chi connectivity index (χ1) is 51.3. The highest BCUT2D eigenvalue weighted by Crippen LogP contribution is 2.33. The van der Waals surface area contributed by atoms with Gasteiger partial charge in [-0.3, -0.25) is 4.79 Å². The molecule has 3 rings (SSSR count). The van der Waals surface area contributed by atoms with Crippen molar-refractivity contribution in [3.8, 4) is 0 Å². The summed E-state index contributed by atoms with van der Waals surface area (Å²) in [5.41, 5.74) is 0. The van der Waals surface area contributed by atoms with Gasteiger partial charge < -0.3 is 89.9 Å². The van der Waals surface area contributed by atoms with Crippen LogP contribution in [-0.4, -0.2) is 193 Å². The fourth-order valence-electron chi connectivity index (χ4n) is 13.7. The summed E-state index contributed by atoms with van der Waals surface area (Å²) in [5, 5.41) is 121. The molecule has 0 saturated carbocycles. The topological polar surface area (TPSA) is 307 Å². The van der Waals surface area contributed by atoms with Gasteiger partial charge in [-0.2, -0.15) is 0 Å². The van der Waals surface area contributed by atoms with E-state index in [1.807, 2.05) is 6.08 Å². The van der Waals surface area contributed by atoms with Crippen molar-refractivity contribution in [3.05, 3.63) is 97.2 Å². The Morgan fingerprint density at radius 2 is 0.667 bits per heavy atom. The van der Waals surface area contributed by atoms with Gasteiger partial charge in [-0.15, -0.1) is 0 Å². The second-order valence-electron chi connectivity index (χ2n) is 29.5. The van der Waals surface area contributed by atoms with E-state index in [4.69, 9.17) is 28.4 Å². The SMILES string of the molecule is CC/C=C\C/C=C\C/C=C\C/C=C\C/C=C\CCCCCCCCCCCCCCCCCCCCCCCCCC(=O)NC(COC1OC(CO)C(OC2OC(CO)C(OC3OC(CO)C(O)C(O)C3O)C(O)C2O)C(O)C1O)C(O)/C=C/CC/C=C/CC/C=C/CCCCCCCCCCCCC. The number of carbonyl (C=O) groups is 1. The van der Waals surface area contributed by atoms with E-state index in [0.29, 0.717) is 12.8 Å². The number of aliphatic hydroxyl groups excluding tert-OH is 11. The van der Waals surface area contributed by atoms with Gasteiger partial charge in [0.05, 0.1) is 38.6 Å². The van der Waals surface area contributed by atoms with Crippen LogP contribution in [0.5, 0.6) is 0 Å². The second kappa shape index (κ2) is 65.4. The van der Waals surface area contributed by atoms with Gasteiger partial charge in [-0.1, -0.05) is 310 Å². The average Bonchev–Trinajstić information content (AvgIpc) is 0.780. The lowest BCUT2D eigenvalue weighted by Crippen LogP contribution is -2.66. The fraction of sp³-hybridized carbons (Fsp3) is 0.802. The number of rotatable bonds is 66. The van der Waals surface area contributed by atoms with Crippen LogP contribution >= 0.6 is 0 Å². The smallest absolute Gasteiger partial charge is 0.220 e. The highest BCUT2D eigenvalue weighted by molar-refractivity contribution is 5.76. The van der Waals surface area contributed by atoms with Crippen molar-refractivity contribution in [2.45, 2.75) is 413 Å². The first kappa shape index (κ1) is 95.9. The molecule has 19 heteroatoms. The summed E-state index contributed by atoms with van der Waals surface area (Å²) in [6.07, 6.45) is 62.7. The van der Waals surface area contributed by atoms with Gasteiger partial charge >= 0.3 is 0 Å². The first-order valence-corrected chi connectivity index (χ1v) is 42.0. The summed E-state index contributed by atoms with van der Waals surface area (Å²) in [6.45, 7) is 1.62. The molecule has 17 unspecified atom stereocenters. The Hall–Kier alpha value is -3.29. The molecule has 3 fully saturated rings. The number of ether oxygens (including phenoxy) is 6. The van der Waals surface area contributed by atoms with Crippen LogP contribution in [0.1, 0.15) is 309 Å². The van der Waals surface area contributed by atoms with Gasteiger partial charge in [0, 0.05) is 6.42 Å². The summed E-state index contributed by atoms with van der Waals surface area (Å²) in [6, 6.07) is -1.00. The van der Waals surface area contributed by atoms with Crippen molar-refractivity contribution < 1.29 is 89.4 Å². The molecular weight excluding hydrogens is 1330 g/mol. The third-order valence-corrected chi connectivity index (χ3v) is 20.3. The monoisotopic (exact) mass is 1490 g/mol. The predicted octanol–water partition coefficient (Wildman–Crippen LogP) is 14.7. The van der Waals surface area contributed by atoms with Crippen LogP contribution in [0.2, 0.25) is 0 Å². The highest BCUT2D eigenvalue weighted by Gasteiger charge is 2.54. The van der Waals surface area contributed by atoms with Gasteiger partial charge in [-0.05, 0) is 89.9 Å². The van der Waals surface area contributed by atoms with Crippen LogP contribution < -0.4 is 5.32 Å². The number of allylic oxidation sites excluding steroid dienone is 15. The van der Waals surface area contributed by atoms with E-state index in [1.54, 1.807) is 6.08 Å². The number of nitrogens with one attached hydrogen (secondary N) is 1. The molecular formula is C86H151NO18. The molecule has 0 aromatic heterocycles. The van der Waals surface area contributed by atoms with Crippen LogP contribution in [0.3, 0.4) is 0 Å². The second-order valence-corrected chi connectivity index (χ2v) is 29.5. The lowest BCUT2D eigenvalue weighted by molar-refractivity contribution is -0.379. The molecule has 12 N–H and O–H groups in total. The lowest BCUT2D eigenvalue weighted by Gasteiger charge is -2.48. The van der Waals surface area contributed by atoms with Crippen molar-refractivity contribution in [2.24, 2.45) is 0 Å². The minimum absolute atomic E-state index is 0.232. The minimum atomic E-state index is -1.99. The number of carbonyl (C=O) groups excluding carboxylic acids is 1. The molecule has 0 radical (unpaired) electrons. The van der Waals surface area contributed by atoms with Gasteiger partial charge in [-0.25, -0.2) is 0 Å². The maximum Gasteiger partial charge on any atom is 0.220 e. The van der Waals surface area contributed by atoms with E-state index in [0.717, 1.165) is 77.0 Å². The normalized spacial score (nSPS) is 26.3. The third kappa shape index (κ3) is 45.0. The molecule has 608 valence electrons. The summed E-state index contributed by atoms with van der Waals surface area (Å²) in [7, 11) is 0. The minimum Gasteiger partial charge on any atom is -0.394 e. The molecule has 0 aromatic rings. The van der Waals surface area contributed by atoms with Crippen molar-refractivity contribution in [3.63, 3.8) is 0 Å².